The fourth-order valence-electron chi connectivity index (χ4n) is 1.92. The highest BCUT2D eigenvalue weighted by molar-refractivity contribution is 5.12. The molecule has 0 amide bonds. The number of pyridine rings is 1. The van der Waals surface area contributed by atoms with Crippen LogP contribution in [-0.4, -0.2) is 21.8 Å². The fourth-order valence-corrected chi connectivity index (χ4v) is 1.92. The van der Waals surface area contributed by atoms with Crippen LogP contribution in [0.5, 0.6) is 0 Å². The lowest BCUT2D eigenvalue weighted by atomic mass is 10.0. The molecule has 90 valence electrons. The van der Waals surface area contributed by atoms with E-state index in [4.69, 9.17) is 0 Å². The van der Waals surface area contributed by atoms with E-state index in [1.54, 1.807) is 0 Å². The first-order valence-electron chi connectivity index (χ1n) is 5.85. The van der Waals surface area contributed by atoms with E-state index < -0.39 is 0 Å². The fraction of sp³-hybridized carbons (Fsp3) is 0.385. The van der Waals surface area contributed by atoms with Crippen molar-refractivity contribution in [2.75, 3.05) is 7.05 Å². The van der Waals surface area contributed by atoms with Gasteiger partial charge in [0.15, 0.2) is 0 Å². The number of nitrogens with one attached hydrogen (secondary N) is 1. The standard InChI is InChI=1S/C13H18N4/c1-14-12(13-7-10-17(2)16-13)4-3-11-5-8-15-9-6-11/h5-10,12,14H,3-4H2,1-2H3. The molecule has 1 atom stereocenters. The average molecular weight is 230 g/mol. The SMILES string of the molecule is CNC(CCc1ccncc1)c1ccn(C)n1. The molecule has 0 aromatic carbocycles. The number of hydrogen-bond acceptors (Lipinski definition) is 3. The molecule has 0 aliphatic heterocycles. The quantitative estimate of drug-likeness (QED) is 0.850. The Morgan fingerprint density at radius 3 is 2.65 bits per heavy atom. The normalized spacial score (nSPS) is 12.6. The van der Waals surface area contributed by atoms with Gasteiger partial charge in [0.05, 0.1) is 11.7 Å². The van der Waals surface area contributed by atoms with Crippen molar-refractivity contribution in [3.63, 3.8) is 0 Å². The Kier molecular flexibility index (Phi) is 3.88. The molecule has 4 heteroatoms. The molecule has 1 N–H and O–H groups in total. The Morgan fingerprint density at radius 1 is 1.29 bits per heavy atom. The molecule has 0 aliphatic rings. The first-order chi connectivity index (χ1) is 8.29. The van der Waals surface area contributed by atoms with Crippen LogP contribution in [0, 0.1) is 0 Å². The Bertz CT molecular complexity index is 449. The van der Waals surface area contributed by atoms with Crippen molar-refractivity contribution in [1.29, 1.82) is 0 Å². The highest BCUT2D eigenvalue weighted by Crippen LogP contribution is 2.16. The van der Waals surface area contributed by atoms with Gasteiger partial charge in [-0.1, -0.05) is 0 Å². The molecule has 2 aromatic heterocycles. The van der Waals surface area contributed by atoms with Gasteiger partial charge in [-0.05, 0) is 43.7 Å². The summed E-state index contributed by atoms with van der Waals surface area (Å²) in [6, 6.07) is 6.49. The van der Waals surface area contributed by atoms with Crippen molar-refractivity contribution in [3.8, 4) is 0 Å². The predicted octanol–water partition coefficient (Wildman–Crippen LogP) is 1.71. The summed E-state index contributed by atoms with van der Waals surface area (Å²) in [5.74, 6) is 0. The first kappa shape index (κ1) is 11.8. The third kappa shape index (κ3) is 3.14. The van der Waals surface area contributed by atoms with Crippen LogP contribution in [0.2, 0.25) is 0 Å². The van der Waals surface area contributed by atoms with Crippen LogP contribution in [0.25, 0.3) is 0 Å². The van der Waals surface area contributed by atoms with Gasteiger partial charge in [0.2, 0.25) is 0 Å². The van der Waals surface area contributed by atoms with Gasteiger partial charge in [0.1, 0.15) is 0 Å². The average Bonchev–Trinajstić information content (AvgIpc) is 2.78. The van der Waals surface area contributed by atoms with Gasteiger partial charge in [0.25, 0.3) is 0 Å². The van der Waals surface area contributed by atoms with Crippen molar-refractivity contribution >= 4 is 0 Å². The van der Waals surface area contributed by atoms with E-state index >= 15 is 0 Å². The molecule has 0 bridgehead atoms. The van der Waals surface area contributed by atoms with Gasteiger partial charge in [-0.25, -0.2) is 0 Å². The number of hydrogen-bond donors (Lipinski definition) is 1. The topological polar surface area (TPSA) is 42.7 Å². The minimum absolute atomic E-state index is 0.310. The van der Waals surface area contributed by atoms with E-state index in [0.717, 1.165) is 18.5 Å². The van der Waals surface area contributed by atoms with Crippen LogP contribution in [0.3, 0.4) is 0 Å². The first-order valence-corrected chi connectivity index (χ1v) is 5.85. The summed E-state index contributed by atoms with van der Waals surface area (Å²) >= 11 is 0. The van der Waals surface area contributed by atoms with Gasteiger partial charge >= 0.3 is 0 Å². The molecule has 0 aliphatic carbocycles. The predicted molar refractivity (Wildman–Crippen MR) is 67.6 cm³/mol. The summed E-state index contributed by atoms with van der Waals surface area (Å²) in [6.45, 7) is 0. The van der Waals surface area contributed by atoms with Crippen LogP contribution in [0.4, 0.5) is 0 Å². The van der Waals surface area contributed by atoms with Gasteiger partial charge in [-0.15, -0.1) is 0 Å². The Balaban J connectivity index is 1.97. The van der Waals surface area contributed by atoms with E-state index in [0.29, 0.717) is 6.04 Å². The zero-order chi connectivity index (χ0) is 12.1. The summed E-state index contributed by atoms with van der Waals surface area (Å²) in [5, 5.41) is 7.75. The molecular weight excluding hydrogens is 212 g/mol. The Morgan fingerprint density at radius 2 is 2.06 bits per heavy atom. The maximum Gasteiger partial charge on any atom is 0.0793 e. The zero-order valence-electron chi connectivity index (χ0n) is 10.3. The summed E-state index contributed by atoms with van der Waals surface area (Å²) < 4.78 is 1.84. The second kappa shape index (κ2) is 5.59. The largest absolute Gasteiger partial charge is 0.312 e. The number of aromatic nitrogens is 3. The molecular formula is C13H18N4. The Hall–Kier alpha value is -1.68. The van der Waals surface area contributed by atoms with E-state index in [2.05, 4.69) is 33.6 Å². The van der Waals surface area contributed by atoms with Crippen LogP contribution >= 0.6 is 0 Å². The molecule has 1 unspecified atom stereocenters. The summed E-state index contributed by atoms with van der Waals surface area (Å²) in [5.41, 5.74) is 2.42. The van der Waals surface area contributed by atoms with Gasteiger partial charge in [-0.2, -0.15) is 5.10 Å². The molecule has 0 fully saturated rings. The molecule has 2 rings (SSSR count). The molecule has 2 heterocycles. The van der Waals surface area contributed by atoms with Crippen molar-refractivity contribution in [2.45, 2.75) is 18.9 Å². The Labute approximate surface area is 102 Å². The second-order valence-corrected chi connectivity index (χ2v) is 4.15. The van der Waals surface area contributed by atoms with Crippen molar-refractivity contribution in [2.24, 2.45) is 7.05 Å². The zero-order valence-corrected chi connectivity index (χ0v) is 10.3. The van der Waals surface area contributed by atoms with Crippen LogP contribution in [0.15, 0.2) is 36.8 Å². The lowest BCUT2D eigenvalue weighted by molar-refractivity contribution is 0.527. The number of rotatable bonds is 5. The summed E-state index contributed by atoms with van der Waals surface area (Å²) in [4.78, 5) is 4.02. The molecule has 4 nitrogen and oxygen atoms in total. The number of aryl methyl sites for hydroxylation is 2. The summed E-state index contributed by atoms with van der Waals surface area (Å²) in [7, 11) is 3.92. The third-order valence-corrected chi connectivity index (χ3v) is 2.91. The van der Waals surface area contributed by atoms with Gasteiger partial charge in [0, 0.05) is 25.6 Å². The second-order valence-electron chi connectivity index (χ2n) is 4.15. The van der Waals surface area contributed by atoms with Crippen molar-refractivity contribution in [1.82, 2.24) is 20.1 Å². The summed E-state index contributed by atoms with van der Waals surface area (Å²) in [6.07, 6.45) is 7.73. The third-order valence-electron chi connectivity index (χ3n) is 2.91. The molecule has 0 radical (unpaired) electrons. The molecule has 17 heavy (non-hydrogen) atoms. The van der Waals surface area contributed by atoms with Crippen LogP contribution in [0.1, 0.15) is 23.7 Å². The maximum absolute atomic E-state index is 4.44. The minimum Gasteiger partial charge on any atom is -0.312 e. The molecule has 2 aromatic rings. The lowest BCUT2D eigenvalue weighted by Crippen LogP contribution is -2.18. The minimum atomic E-state index is 0.310. The van der Waals surface area contributed by atoms with Crippen molar-refractivity contribution in [3.05, 3.63) is 48.0 Å². The maximum atomic E-state index is 4.44. The van der Waals surface area contributed by atoms with Crippen LogP contribution in [-0.2, 0) is 13.5 Å². The van der Waals surface area contributed by atoms with E-state index in [-0.39, 0.29) is 0 Å². The van der Waals surface area contributed by atoms with E-state index in [1.807, 2.05) is 37.4 Å². The number of nitrogens with zero attached hydrogens (tertiary/aromatic N) is 3. The van der Waals surface area contributed by atoms with E-state index in [9.17, 15) is 0 Å². The molecule has 0 spiro atoms. The van der Waals surface area contributed by atoms with E-state index in [1.165, 1.54) is 5.56 Å². The highest BCUT2D eigenvalue weighted by atomic mass is 15.3. The van der Waals surface area contributed by atoms with Crippen LogP contribution < -0.4 is 5.32 Å². The molecule has 0 saturated carbocycles. The highest BCUT2D eigenvalue weighted by Gasteiger charge is 2.11. The van der Waals surface area contributed by atoms with Gasteiger partial charge < -0.3 is 5.32 Å². The molecule has 0 saturated heterocycles. The van der Waals surface area contributed by atoms with Gasteiger partial charge in [-0.3, -0.25) is 9.67 Å². The lowest BCUT2D eigenvalue weighted by Gasteiger charge is -2.13. The monoisotopic (exact) mass is 230 g/mol. The van der Waals surface area contributed by atoms with Crippen molar-refractivity contribution < 1.29 is 0 Å². The smallest absolute Gasteiger partial charge is 0.0793 e.